The molecule has 1 saturated heterocycles. The van der Waals surface area contributed by atoms with Crippen molar-refractivity contribution in [2.45, 2.75) is 6.92 Å². The van der Waals surface area contributed by atoms with Gasteiger partial charge in [0, 0.05) is 24.3 Å². The van der Waals surface area contributed by atoms with Gasteiger partial charge in [0.15, 0.2) is 11.5 Å². The molecule has 0 saturated carbocycles. The van der Waals surface area contributed by atoms with Gasteiger partial charge in [-0.05, 0) is 31.2 Å². The number of morpholine rings is 1. The van der Waals surface area contributed by atoms with Gasteiger partial charge < -0.3 is 20.7 Å². The van der Waals surface area contributed by atoms with Crippen molar-refractivity contribution in [2.24, 2.45) is 5.73 Å². The molecule has 1 fully saturated rings. The zero-order chi connectivity index (χ0) is 17.8. The molecule has 0 bridgehead atoms. The Morgan fingerprint density at radius 2 is 1.84 bits per heavy atom. The molecular formula is C16H18N6O3. The van der Waals surface area contributed by atoms with Crippen LogP contribution in [0, 0.1) is 6.92 Å². The lowest BCUT2D eigenvalue weighted by Crippen LogP contribution is -2.40. The van der Waals surface area contributed by atoms with Gasteiger partial charge in [0.05, 0.1) is 13.2 Å². The highest BCUT2D eigenvalue weighted by molar-refractivity contribution is 5.96. The number of carbonyl (C=O) groups is 2. The minimum absolute atomic E-state index is 0.0350. The zero-order valence-electron chi connectivity index (χ0n) is 13.7. The first-order chi connectivity index (χ1) is 12.0. The highest BCUT2D eigenvalue weighted by Gasteiger charge is 2.18. The first kappa shape index (κ1) is 16.8. The quantitative estimate of drug-likeness (QED) is 0.829. The Morgan fingerprint density at radius 1 is 1.16 bits per heavy atom. The maximum Gasteiger partial charge on any atom is 0.273 e. The summed E-state index contributed by atoms with van der Waals surface area (Å²) in [4.78, 5) is 29.7. The second-order valence-corrected chi connectivity index (χ2v) is 5.53. The molecule has 1 aliphatic heterocycles. The van der Waals surface area contributed by atoms with E-state index in [9.17, 15) is 9.59 Å². The van der Waals surface area contributed by atoms with E-state index in [0.717, 1.165) is 0 Å². The molecule has 9 heteroatoms. The first-order valence-electron chi connectivity index (χ1n) is 7.80. The fourth-order valence-electron chi connectivity index (χ4n) is 2.44. The summed E-state index contributed by atoms with van der Waals surface area (Å²) in [6.45, 7) is 3.95. The van der Waals surface area contributed by atoms with Gasteiger partial charge in [-0.15, -0.1) is 10.2 Å². The van der Waals surface area contributed by atoms with Crippen molar-refractivity contribution in [1.29, 1.82) is 0 Å². The summed E-state index contributed by atoms with van der Waals surface area (Å²) >= 11 is 0. The van der Waals surface area contributed by atoms with Gasteiger partial charge >= 0.3 is 0 Å². The van der Waals surface area contributed by atoms with E-state index in [1.165, 1.54) is 0 Å². The van der Waals surface area contributed by atoms with Crippen molar-refractivity contribution >= 4 is 23.3 Å². The van der Waals surface area contributed by atoms with Gasteiger partial charge in [-0.25, -0.2) is 4.98 Å². The van der Waals surface area contributed by atoms with Crippen LogP contribution in [0.25, 0.3) is 0 Å². The van der Waals surface area contributed by atoms with E-state index in [1.54, 1.807) is 36.1 Å². The smallest absolute Gasteiger partial charge is 0.273 e. The van der Waals surface area contributed by atoms with Gasteiger partial charge in [0.25, 0.3) is 11.8 Å². The fourth-order valence-corrected chi connectivity index (χ4v) is 2.44. The van der Waals surface area contributed by atoms with Crippen molar-refractivity contribution in [1.82, 2.24) is 20.1 Å². The van der Waals surface area contributed by atoms with Crippen LogP contribution in [0.3, 0.4) is 0 Å². The summed E-state index contributed by atoms with van der Waals surface area (Å²) in [6.07, 6.45) is 0. The monoisotopic (exact) mass is 342 g/mol. The number of hydrogen-bond acceptors (Lipinski definition) is 7. The second kappa shape index (κ2) is 7.22. The van der Waals surface area contributed by atoms with Crippen LogP contribution in [0.4, 0.5) is 11.5 Å². The van der Waals surface area contributed by atoms with Crippen molar-refractivity contribution in [3.8, 4) is 0 Å². The molecule has 1 aliphatic rings. The normalized spacial score (nSPS) is 14.2. The average molecular weight is 342 g/mol. The van der Waals surface area contributed by atoms with E-state index in [0.29, 0.717) is 43.4 Å². The maximum atomic E-state index is 12.4. The molecule has 0 atom stereocenters. The predicted molar refractivity (Wildman–Crippen MR) is 89.5 cm³/mol. The number of benzene rings is 1. The van der Waals surface area contributed by atoms with Crippen molar-refractivity contribution in [2.75, 3.05) is 31.6 Å². The van der Waals surface area contributed by atoms with Crippen LogP contribution in [0.2, 0.25) is 0 Å². The molecule has 0 aliphatic carbocycles. The summed E-state index contributed by atoms with van der Waals surface area (Å²) in [5, 5.41) is 10.5. The number of aryl methyl sites for hydroxylation is 1. The van der Waals surface area contributed by atoms with Crippen LogP contribution >= 0.6 is 0 Å². The van der Waals surface area contributed by atoms with Crippen LogP contribution in [0.1, 0.15) is 26.7 Å². The van der Waals surface area contributed by atoms with E-state index >= 15 is 0 Å². The summed E-state index contributed by atoms with van der Waals surface area (Å²) in [7, 11) is 0. The maximum absolute atomic E-state index is 12.4. The number of hydrogen-bond donors (Lipinski definition) is 2. The molecule has 1 aromatic heterocycles. The molecular weight excluding hydrogens is 324 g/mol. The van der Waals surface area contributed by atoms with Crippen LogP contribution in [-0.4, -0.2) is 58.2 Å². The van der Waals surface area contributed by atoms with E-state index < -0.39 is 5.91 Å². The SMILES string of the molecule is Cc1nnc(C(N)=O)c(Nc2ccc(C(=O)N3CCOCC3)cc2)n1. The minimum atomic E-state index is -0.721. The van der Waals surface area contributed by atoms with Gasteiger partial charge in [-0.2, -0.15) is 0 Å². The van der Waals surface area contributed by atoms with Crippen molar-refractivity contribution in [3.63, 3.8) is 0 Å². The molecule has 1 aromatic carbocycles. The molecule has 0 spiro atoms. The van der Waals surface area contributed by atoms with Crippen LogP contribution in [0.5, 0.6) is 0 Å². The molecule has 25 heavy (non-hydrogen) atoms. The molecule has 2 aromatic rings. The number of nitrogens with two attached hydrogens (primary N) is 1. The lowest BCUT2D eigenvalue weighted by atomic mass is 10.1. The first-order valence-corrected chi connectivity index (χ1v) is 7.80. The zero-order valence-corrected chi connectivity index (χ0v) is 13.7. The van der Waals surface area contributed by atoms with E-state index in [1.807, 2.05) is 0 Å². The lowest BCUT2D eigenvalue weighted by molar-refractivity contribution is 0.0303. The third-order valence-electron chi connectivity index (χ3n) is 3.72. The second-order valence-electron chi connectivity index (χ2n) is 5.53. The highest BCUT2D eigenvalue weighted by atomic mass is 16.5. The molecule has 0 radical (unpaired) electrons. The van der Waals surface area contributed by atoms with Crippen LogP contribution in [-0.2, 0) is 4.74 Å². The highest BCUT2D eigenvalue weighted by Crippen LogP contribution is 2.18. The Morgan fingerprint density at radius 3 is 2.48 bits per heavy atom. The van der Waals surface area contributed by atoms with E-state index in [4.69, 9.17) is 10.5 Å². The number of anilines is 2. The Hall–Kier alpha value is -3.07. The molecule has 9 nitrogen and oxygen atoms in total. The number of amides is 2. The Bertz CT molecular complexity index is 787. The molecule has 0 unspecified atom stereocenters. The van der Waals surface area contributed by atoms with Crippen LogP contribution in [0.15, 0.2) is 24.3 Å². The summed E-state index contributed by atoms with van der Waals surface area (Å²) in [5.74, 6) is -0.118. The number of carbonyl (C=O) groups excluding carboxylic acids is 2. The van der Waals surface area contributed by atoms with Gasteiger partial charge in [-0.3, -0.25) is 9.59 Å². The number of nitrogens with zero attached hydrogens (tertiary/aromatic N) is 4. The predicted octanol–water partition coefficient (Wildman–Crippen LogP) is 0.495. The summed E-state index contributed by atoms with van der Waals surface area (Å²) in [5.41, 5.74) is 6.48. The largest absolute Gasteiger partial charge is 0.378 e. The van der Waals surface area contributed by atoms with Gasteiger partial charge in [0.1, 0.15) is 5.82 Å². The topological polar surface area (TPSA) is 123 Å². The number of ether oxygens (including phenoxy) is 1. The Balaban J connectivity index is 1.76. The summed E-state index contributed by atoms with van der Waals surface area (Å²) in [6, 6.07) is 6.89. The average Bonchev–Trinajstić information content (AvgIpc) is 2.62. The third-order valence-corrected chi connectivity index (χ3v) is 3.72. The number of nitrogens with one attached hydrogen (secondary N) is 1. The van der Waals surface area contributed by atoms with E-state index in [-0.39, 0.29) is 17.4 Å². The summed E-state index contributed by atoms with van der Waals surface area (Å²) < 4.78 is 5.25. The van der Waals surface area contributed by atoms with Crippen molar-refractivity contribution in [3.05, 3.63) is 41.3 Å². The van der Waals surface area contributed by atoms with Crippen molar-refractivity contribution < 1.29 is 14.3 Å². The van der Waals surface area contributed by atoms with Gasteiger partial charge in [-0.1, -0.05) is 0 Å². The molecule has 2 heterocycles. The number of rotatable bonds is 4. The standard InChI is InChI=1S/C16H18N6O3/c1-10-18-15(13(14(17)23)21-20-10)19-12-4-2-11(3-5-12)16(24)22-6-8-25-9-7-22/h2-5H,6-9H2,1H3,(H2,17,23)(H,18,19,20). The third kappa shape index (κ3) is 3.89. The minimum Gasteiger partial charge on any atom is -0.378 e. The number of primary amides is 1. The van der Waals surface area contributed by atoms with Crippen LogP contribution < -0.4 is 11.1 Å². The lowest BCUT2D eigenvalue weighted by Gasteiger charge is -2.26. The molecule has 130 valence electrons. The Kier molecular flexibility index (Phi) is 4.85. The number of aromatic nitrogens is 3. The van der Waals surface area contributed by atoms with Gasteiger partial charge in [0.2, 0.25) is 0 Å². The molecule has 2 amide bonds. The fraction of sp³-hybridized carbons (Fsp3) is 0.312. The molecule has 3 rings (SSSR count). The Labute approximate surface area is 144 Å². The van der Waals surface area contributed by atoms with E-state index in [2.05, 4.69) is 20.5 Å². The molecule has 3 N–H and O–H groups in total.